The molecule has 0 spiro atoms. The molecule has 0 aliphatic carbocycles. The molecule has 0 aromatic carbocycles. The number of rotatable bonds is 2. The summed E-state index contributed by atoms with van der Waals surface area (Å²) in [6.45, 7) is 5.96. The lowest BCUT2D eigenvalue weighted by Gasteiger charge is -2.30. The van der Waals surface area contributed by atoms with E-state index < -0.39 is 0 Å². The highest BCUT2D eigenvalue weighted by Gasteiger charge is 2.24. The number of oxime groups is 1. The Morgan fingerprint density at radius 2 is 2.14 bits per heavy atom. The van der Waals surface area contributed by atoms with Crippen molar-refractivity contribution in [3.63, 3.8) is 0 Å². The summed E-state index contributed by atoms with van der Waals surface area (Å²) in [6, 6.07) is 0. The fraction of sp³-hybridized carbons (Fsp3) is 0.385. The number of imidazole rings is 1. The second kappa shape index (κ2) is 5.04. The van der Waals surface area contributed by atoms with Crippen molar-refractivity contribution in [3.8, 4) is 0 Å². The van der Waals surface area contributed by atoms with Crippen molar-refractivity contribution in [1.29, 1.82) is 0 Å². The van der Waals surface area contributed by atoms with Gasteiger partial charge in [0.1, 0.15) is 5.82 Å². The SMILES string of the molecule is Cc1nnc(N2CCn3ccnc3C2)c(C(N)=NO)c1C. The van der Waals surface area contributed by atoms with E-state index in [2.05, 4.69) is 29.8 Å². The lowest BCUT2D eigenvalue weighted by molar-refractivity contribution is 0.318. The Balaban J connectivity index is 2.05. The summed E-state index contributed by atoms with van der Waals surface area (Å²) in [5.74, 6) is 1.64. The number of nitrogens with zero attached hydrogens (tertiary/aromatic N) is 6. The van der Waals surface area contributed by atoms with Crippen LogP contribution in [0.5, 0.6) is 0 Å². The molecule has 8 heteroatoms. The highest BCUT2D eigenvalue weighted by molar-refractivity contribution is 6.02. The first-order chi connectivity index (χ1) is 10.1. The molecule has 3 N–H and O–H groups in total. The Bertz CT molecular complexity index is 707. The molecule has 3 rings (SSSR count). The molecule has 1 aliphatic heterocycles. The summed E-state index contributed by atoms with van der Waals surface area (Å²) >= 11 is 0. The maximum Gasteiger partial charge on any atom is 0.174 e. The zero-order chi connectivity index (χ0) is 15.0. The first kappa shape index (κ1) is 13.3. The van der Waals surface area contributed by atoms with Crippen LogP contribution in [0.25, 0.3) is 0 Å². The van der Waals surface area contributed by atoms with Crippen LogP contribution in [-0.4, -0.2) is 37.3 Å². The second-order valence-corrected chi connectivity index (χ2v) is 5.05. The van der Waals surface area contributed by atoms with Gasteiger partial charge < -0.3 is 20.4 Å². The van der Waals surface area contributed by atoms with Crippen LogP contribution in [0.2, 0.25) is 0 Å². The number of aryl methyl sites for hydroxylation is 1. The molecule has 8 nitrogen and oxygen atoms in total. The largest absolute Gasteiger partial charge is 0.409 e. The van der Waals surface area contributed by atoms with Gasteiger partial charge in [0, 0.05) is 25.5 Å². The standard InChI is InChI=1S/C13H17N7O/c1-8-9(2)16-17-13(11(8)12(14)18-21)20-6-5-19-4-3-15-10(19)7-20/h3-4,21H,5-7H2,1-2H3,(H2,14,18). The molecule has 21 heavy (non-hydrogen) atoms. The van der Waals surface area contributed by atoms with Gasteiger partial charge in [-0.25, -0.2) is 4.98 Å². The smallest absolute Gasteiger partial charge is 0.174 e. The lowest BCUT2D eigenvalue weighted by Crippen LogP contribution is -2.36. The van der Waals surface area contributed by atoms with Crippen LogP contribution in [-0.2, 0) is 13.1 Å². The maximum atomic E-state index is 9.03. The first-order valence-electron chi connectivity index (χ1n) is 6.68. The third kappa shape index (κ3) is 2.18. The zero-order valence-electron chi connectivity index (χ0n) is 12.0. The van der Waals surface area contributed by atoms with E-state index in [-0.39, 0.29) is 5.84 Å². The van der Waals surface area contributed by atoms with Gasteiger partial charge in [-0.05, 0) is 19.4 Å². The Hall–Kier alpha value is -2.64. The van der Waals surface area contributed by atoms with Crippen molar-refractivity contribution in [2.24, 2.45) is 10.9 Å². The summed E-state index contributed by atoms with van der Waals surface area (Å²) in [7, 11) is 0. The third-order valence-corrected chi connectivity index (χ3v) is 3.84. The van der Waals surface area contributed by atoms with Gasteiger partial charge in [0.2, 0.25) is 0 Å². The Morgan fingerprint density at radius 1 is 1.33 bits per heavy atom. The predicted molar refractivity (Wildman–Crippen MR) is 77.3 cm³/mol. The van der Waals surface area contributed by atoms with E-state index in [1.54, 1.807) is 6.20 Å². The Kier molecular flexibility index (Phi) is 3.20. The summed E-state index contributed by atoms with van der Waals surface area (Å²) in [5, 5.41) is 20.6. The molecule has 110 valence electrons. The number of hydrogen-bond acceptors (Lipinski definition) is 6. The third-order valence-electron chi connectivity index (χ3n) is 3.84. The fourth-order valence-electron chi connectivity index (χ4n) is 2.53. The van der Waals surface area contributed by atoms with Crippen molar-refractivity contribution >= 4 is 11.7 Å². The maximum absolute atomic E-state index is 9.03. The van der Waals surface area contributed by atoms with Crippen LogP contribution in [0.3, 0.4) is 0 Å². The number of hydrogen-bond donors (Lipinski definition) is 2. The molecular formula is C13H17N7O. The van der Waals surface area contributed by atoms with Crippen molar-refractivity contribution in [2.75, 3.05) is 11.4 Å². The van der Waals surface area contributed by atoms with Gasteiger partial charge in [-0.1, -0.05) is 5.16 Å². The number of aromatic nitrogens is 4. The predicted octanol–water partition coefficient (Wildman–Crippen LogP) is 0.405. The van der Waals surface area contributed by atoms with Gasteiger partial charge in [0.25, 0.3) is 0 Å². The summed E-state index contributed by atoms with van der Waals surface area (Å²) in [6.07, 6.45) is 3.75. The van der Waals surface area contributed by atoms with E-state index in [4.69, 9.17) is 10.9 Å². The van der Waals surface area contributed by atoms with E-state index in [0.29, 0.717) is 17.9 Å². The van der Waals surface area contributed by atoms with Crippen molar-refractivity contribution in [3.05, 3.63) is 35.0 Å². The molecule has 0 saturated carbocycles. The summed E-state index contributed by atoms with van der Waals surface area (Å²) in [5.41, 5.74) is 8.09. The van der Waals surface area contributed by atoms with Gasteiger partial charge in [-0.3, -0.25) is 0 Å². The number of nitrogens with two attached hydrogens (primary N) is 1. The van der Waals surface area contributed by atoms with Crippen LogP contribution in [0, 0.1) is 13.8 Å². The Labute approximate surface area is 121 Å². The van der Waals surface area contributed by atoms with Crippen LogP contribution in [0.4, 0.5) is 5.82 Å². The van der Waals surface area contributed by atoms with Gasteiger partial charge >= 0.3 is 0 Å². The molecule has 0 saturated heterocycles. The molecule has 0 radical (unpaired) electrons. The molecule has 2 aromatic heterocycles. The first-order valence-corrected chi connectivity index (χ1v) is 6.68. The van der Waals surface area contributed by atoms with Crippen LogP contribution < -0.4 is 10.6 Å². The van der Waals surface area contributed by atoms with Crippen LogP contribution >= 0.6 is 0 Å². The minimum absolute atomic E-state index is 0.0504. The lowest BCUT2D eigenvalue weighted by atomic mass is 10.1. The number of fused-ring (bicyclic) bond motifs is 1. The summed E-state index contributed by atoms with van der Waals surface area (Å²) < 4.78 is 2.11. The van der Waals surface area contributed by atoms with Gasteiger partial charge in [0.05, 0.1) is 17.8 Å². The quantitative estimate of drug-likeness (QED) is 0.358. The molecule has 0 amide bonds. The number of amidine groups is 1. The molecule has 3 heterocycles. The number of anilines is 1. The zero-order valence-corrected chi connectivity index (χ0v) is 12.0. The van der Waals surface area contributed by atoms with Crippen LogP contribution in [0.15, 0.2) is 17.5 Å². The van der Waals surface area contributed by atoms with E-state index >= 15 is 0 Å². The van der Waals surface area contributed by atoms with E-state index in [0.717, 1.165) is 30.2 Å². The molecule has 2 aromatic rings. The molecule has 0 unspecified atom stereocenters. The second-order valence-electron chi connectivity index (χ2n) is 5.05. The van der Waals surface area contributed by atoms with Gasteiger partial charge in [0.15, 0.2) is 11.7 Å². The van der Waals surface area contributed by atoms with E-state index in [1.165, 1.54) is 0 Å². The normalized spacial score (nSPS) is 15.1. The minimum atomic E-state index is 0.0504. The highest BCUT2D eigenvalue weighted by atomic mass is 16.4. The average Bonchev–Trinajstić information content (AvgIpc) is 2.96. The highest BCUT2D eigenvalue weighted by Crippen LogP contribution is 2.25. The molecule has 0 bridgehead atoms. The summed E-state index contributed by atoms with van der Waals surface area (Å²) in [4.78, 5) is 6.38. The fourth-order valence-corrected chi connectivity index (χ4v) is 2.53. The monoisotopic (exact) mass is 287 g/mol. The average molecular weight is 287 g/mol. The van der Waals surface area contributed by atoms with Crippen molar-refractivity contribution < 1.29 is 5.21 Å². The molecular weight excluding hydrogens is 270 g/mol. The van der Waals surface area contributed by atoms with Crippen molar-refractivity contribution in [1.82, 2.24) is 19.7 Å². The van der Waals surface area contributed by atoms with Crippen molar-refractivity contribution in [2.45, 2.75) is 26.9 Å². The van der Waals surface area contributed by atoms with Crippen LogP contribution in [0.1, 0.15) is 22.6 Å². The topological polar surface area (TPSA) is 105 Å². The van der Waals surface area contributed by atoms with E-state index in [9.17, 15) is 0 Å². The van der Waals surface area contributed by atoms with Gasteiger partial charge in [-0.15, -0.1) is 5.10 Å². The van der Waals surface area contributed by atoms with E-state index in [1.807, 2.05) is 20.0 Å². The molecule has 1 aliphatic rings. The molecule has 0 fully saturated rings. The molecule has 0 atom stereocenters. The minimum Gasteiger partial charge on any atom is -0.409 e. The van der Waals surface area contributed by atoms with Gasteiger partial charge in [-0.2, -0.15) is 5.10 Å². The Morgan fingerprint density at radius 3 is 2.90 bits per heavy atom.